The molecule has 0 saturated carbocycles. The van der Waals surface area contributed by atoms with E-state index in [4.69, 9.17) is 14.2 Å². The zero-order valence-electron chi connectivity index (χ0n) is 18.9. The highest BCUT2D eigenvalue weighted by Crippen LogP contribution is 2.46. The van der Waals surface area contributed by atoms with Gasteiger partial charge >= 0.3 is 18.1 Å². The molecular formula is C26H18F4O5S. The Morgan fingerprint density at radius 3 is 2.25 bits per heavy atom. The van der Waals surface area contributed by atoms with Gasteiger partial charge in [-0.25, -0.2) is 14.0 Å². The summed E-state index contributed by atoms with van der Waals surface area (Å²) < 4.78 is 72.1. The van der Waals surface area contributed by atoms with Crippen LogP contribution in [-0.2, 0) is 24.6 Å². The predicted octanol–water partition coefficient (Wildman–Crippen LogP) is 6.22. The van der Waals surface area contributed by atoms with Crippen molar-refractivity contribution in [3.8, 4) is 0 Å². The normalized spacial score (nSPS) is 14.4. The van der Waals surface area contributed by atoms with Crippen molar-refractivity contribution in [2.75, 3.05) is 14.2 Å². The fraction of sp³-hybridized carbons (Fsp3) is 0.154. The van der Waals surface area contributed by atoms with Crippen molar-refractivity contribution in [3.05, 3.63) is 94.8 Å². The van der Waals surface area contributed by atoms with Crippen LogP contribution in [0.5, 0.6) is 0 Å². The Morgan fingerprint density at radius 2 is 1.61 bits per heavy atom. The molecule has 5 nitrogen and oxygen atoms in total. The van der Waals surface area contributed by atoms with Crippen molar-refractivity contribution < 1.29 is 41.4 Å². The first kappa shape index (κ1) is 25.5. The molecule has 0 amide bonds. The number of halogens is 4. The van der Waals surface area contributed by atoms with E-state index in [1.807, 2.05) is 0 Å². The number of rotatable bonds is 5. The topological polar surface area (TPSA) is 61.8 Å². The van der Waals surface area contributed by atoms with E-state index in [9.17, 15) is 27.2 Å². The van der Waals surface area contributed by atoms with Crippen LogP contribution in [0.15, 0.2) is 76.5 Å². The fourth-order valence-corrected chi connectivity index (χ4v) is 4.82. The number of methoxy groups -OCH3 is 2. The van der Waals surface area contributed by atoms with E-state index in [0.717, 1.165) is 37.1 Å². The first-order valence-electron chi connectivity index (χ1n) is 10.4. The summed E-state index contributed by atoms with van der Waals surface area (Å²) in [5.41, 5.74) is -3.18. The van der Waals surface area contributed by atoms with Crippen LogP contribution in [0.25, 0.3) is 11.8 Å². The number of benzene rings is 3. The van der Waals surface area contributed by atoms with Gasteiger partial charge in [0.15, 0.2) is 0 Å². The monoisotopic (exact) mass is 518 g/mol. The average Bonchev–Trinajstić information content (AvgIpc) is 3.00. The summed E-state index contributed by atoms with van der Waals surface area (Å²) in [6.45, 7) is 0. The van der Waals surface area contributed by atoms with Gasteiger partial charge in [-0.3, -0.25) is 0 Å². The maximum Gasteiger partial charge on any atom is 0.432 e. The van der Waals surface area contributed by atoms with Gasteiger partial charge in [0.1, 0.15) is 11.6 Å². The Labute approximate surface area is 207 Å². The molecule has 0 aliphatic carbocycles. The molecule has 186 valence electrons. The van der Waals surface area contributed by atoms with Gasteiger partial charge in [-0.2, -0.15) is 13.2 Å². The molecule has 0 aromatic heterocycles. The predicted molar refractivity (Wildman–Crippen MR) is 123 cm³/mol. The van der Waals surface area contributed by atoms with Gasteiger partial charge in [-0.15, -0.1) is 0 Å². The van der Waals surface area contributed by atoms with Gasteiger partial charge in [0.25, 0.3) is 5.60 Å². The van der Waals surface area contributed by atoms with Crippen LogP contribution < -0.4 is 0 Å². The number of esters is 2. The standard InChI is InChI=1S/C26H18F4O5S/c1-33-23(31)16-9-8-15-12-20(19-14-18(27)10-11-21(19)36-22(15)13-16)35-24(32)25(34-2,26(28,29)30)17-6-4-3-5-7-17/h3-14H,1-2H3/t25-/m1/s1. The van der Waals surface area contributed by atoms with E-state index >= 15 is 0 Å². The molecule has 1 atom stereocenters. The zero-order valence-corrected chi connectivity index (χ0v) is 19.7. The molecule has 0 fully saturated rings. The molecule has 10 heteroatoms. The minimum atomic E-state index is -5.18. The second-order valence-electron chi connectivity index (χ2n) is 7.63. The van der Waals surface area contributed by atoms with Crippen LogP contribution in [0.4, 0.5) is 17.6 Å². The average molecular weight is 518 g/mol. The zero-order chi connectivity index (χ0) is 26.1. The fourth-order valence-electron chi connectivity index (χ4n) is 3.75. The van der Waals surface area contributed by atoms with Gasteiger partial charge in [0, 0.05) is 28.0 Å². The van der Waals surface area contributed by atoms with Gasteiger partial charge in [-0.05, 0) is 42.0 Å². The first-order valence-corrected chi connectivity index (χ1v) is 11.2. The van der Waals surface area contributed by atoms with E-state index in [-0.39, 0.29) is 16.9 Å². The molecule has 1 aliphatic rings. The summed E-state index contributed by atoms with van der Waals surface area (Å²) in [5.74, 6) is -3.33. The lowest BCUT2D eigenvalue weighted by Crippen LogP contribution is -2.51. The van der Waals surface area contributed by atoms with Gasteiger partial charge in [-0.1, -0.05) is 48.2 Å². The van der Waals surface area contributed by atoms with Crippen LogP contribution in [0.1, 0.15) is 27.0 Å². The molecule has 1 heterocycles. The third-order valence-corrected chi connectivity index (χ3v) is 6.67. The Bertz CT molecular complexity index is 1350. The quantitative estimate of drug-likeness (QED) is 0.295. The van der Waals surface area contributed by atoms with Crippen LogP contribution in [0, 0.1) is 5.82 Å². The number of ether oxygens (including phenoxy) is 3. The summed E-state index contributed by atoms with van der Waals surface area (Å²) in [7, 11) is 1.99. The van der Waals surface area contributed by atoms with Crippen LogP contribution in [0.2, 0.25) is 0 Å². The lowest BCUT2D eigenvalue weighted by atomic mass is 9.92. The molecule has 36 heavy (non-hydrogen) atoms. The first-order chi connectivity index (χ1) is 17.1. The molecule has 3 aromatic rings. The van der Waals surface area contributed by atoms with Crippen molar-refractivity contribution in [1.82, 2.24) is 0 Å². The smallest absolute Gasteiger partial charge is 0.432 e. The molecule has 0 saturated heterocycles. The number of fused-ring (bicyclic) bond motifs is 2. The van der Waals surface area contributed by atoms with E-state index in [1.165, 1.54) is 61.7 Å². The number of hydrogen-bond acceptors (Lipinski definition) is 6. The molecule has 4 rings (SSSR count). The largest absolute Gasteiger partial charge is 0.465 e. The van der Waals surface area contributed by atoms with E-state index in [0.29, 0.717) is 15.4 Å². The Morgan fingerprint density at radius 1 is 0.889 bits per heavy atom. The number of carbonyl (C=O) groups is 2. The maximum atomic E-state index is 14.3. The number of alkyl halides is 3. The maximum absolute atomic E-state index is 14.3. The third-order valence-electron chi connectivity index (χ3n) is 5.52. The van der Waals surface area contributed by atoms with Crippen molar-refractivity contribution in [3.63, 3.8) is 0 Å². The second kappa shape index (κ2) is 9.79. The Balaban J connectivity index is 1.85. The minimum absolute atomic E-state index is 0.0596. The van der Waals surface area contributed by atoms with Crippen molar-refractivity contribution in [2.45, 2.75) is 21.6 Å². The molecule has 3 aromatic carbocycles. The van der Waals surface area contributed by atoms with E-state index in [2.05, 4.69) is 0 Å². The highest BCUT2D eigenvalue weighted by atomic mass is 32.2. The summed E-state index contributed by atoms with van der Waals surface area (Å²) >= 11 is 1.13. The number of carbonyl (C=O) groups excluding carboxylic acids is 2. The minimum Gasteiger partial charge on any atom is -0.465 e. The van der Waals surface area contributed by atoms with Crippen LogP contribution in [-0.4, -0.2) is 32.3 Å². The Hall–Kier alpha value is -3.63. The molecule has 0 spiro atoms. The summed E-state index contributed by atoms with van der Waals surface area (Å²) in [5, 5.41) is 0. The van der Waals surface area contributed by atoms with E-state index in [1.54, 1.807) is 0 Å². The summed E-state index contributed by atoms with van der Waals surface area (Å²) in [6.07, 6.45) is -3.87. The SMILES string of the molecule is COC(=O)c1ccc2c(c1)Sc1ccc(F)cc1C(OC(=O)[C@](OC)(c1ccccc1)C(F)(F)F)=C2. The lowest BCUT2D eigenvalue weighted by molar-refractivity contribution is -0.273. The van der Waals surface area contributed by atoms with Gasteiger partial charge in [0.2, 0.25) is 0 Å². The number of hydrogen-bond donors (Lipinski definition) is 0. The highest BCUT2D eigenvalue weighted by molar-refractivity contribution is 7.99. The van der Waals surface area contributed by atoms with E-state index < -0.39 is 35.1 Å². The Kier molecular flexibility index (Phi) is 6.92. The van der Waals surface area contributed by atoms with Crippen molar-refractivity contribution in [1.29, 1.82) is 0 Å². The van der Waals surface area contributed by atoms with Crippen molar-refractivity contribution in [2.24, 2.45) is 0 Å². The molecular weight excluding hydrogens is 500 g/mol. The molecule has 0 radical (unpaired) electrons. The molecule has 0 unspecified atom stereocenters. The van der Waals surface area contributed by atoms with Gasteiger partial charge < -0.3 is 14.2 Å². The third kappa shape index (κ3) is 4.49. The van der Waals surface area contributed by atoms with Crippen molar-refractivity contribution >= 4 is 35.5 Å². The molecule has 0 N–H and O–H groups in total. The molecule has 1 aliphatic heterocycles. The van der Waals surface area contributed by atoms with Crippen LogP contribution >= 0.6 is 11.8 Å². The lowest BCUT2D eigenvalue weighted by Gasteiger charge is -2.32. The molecule has 0 bridgehead atoms. The van der Waals surface area contributed by atoms with Crippen LogP contribution in [0.3, 0.4) is 0 Å². The second-order valence-corrected chi connectivity index (χ2v) is 8.72. The summed E-state index contributed by atoms with van der Waals surface area (Å²) in [6, 6.07) is 14.5. The summed E-state index contributed by atoms with van der Waals surface area (Å²) in [4.78, 5) is 26.1. The van der Waals surface area contributed by atoms with Gasteiger partial charge in [0.05, 0.1) is 12.7 Å². The highest BCUT2D eigenvalue weighted by Gasteiger charge is 2.64.